The fraction of sp³-hybridized carbons (Fsp3) is 0.318. The van der Waals surface area contributed by atoms with Crippen molar-refractivity contribution in [3.05, 3.63) is 54.1 Å². The van der Waals surface area contributed by atoms with Crippen molar-refractivity contribution in [2.24, 2.45) is 7.05 Å². The molecule has 152 valence electrons. The molecule has 1 heterocycles. The Kier molecular flexibility index (Phi) is 6.93. The van der Waals surface area contributed by atoms with E-state index in [2.05, 4.69) is 41.5 Å². The van der Waals surface area contributed by atoms with Crippen LogP contribution in [-0.2, 0) is 11.8 Å². The molecule has 1 aromatic heterocycles. The third-order valence-electron chi connectivity index (χ3n) is 4.89. The molecule has 1 N–H and O–H groups in total. The molecule has 0 bridgehead atoms. The normalized spacial score (nSPS) is 11.9. The van der Waals surface area contributed by atoms with Gasteiger partial charge in [-0.2, -0.15) is 0 Å². The zero-order valence-corrected chi connectivity index (χ0v) is 18.0. The summed E-state index contributed by atoms with van der Waals surface area (Å²) in [6.45, 7) is 4.37. The van der Waals surface area contributed by atoms with Crippen LogP contribution in [-0.4, -0.2) is 33.5 Å². The molecule has 1 unspecified atom stereocenters. The van der Waals surface area contributed by atoms with E-state index in [1.54, 1.807) is 7.11 Å². The van der Waals surface area contributed by atoms with Crippen LogP contribution in [0.25, 0.3) is 11.4 Å². The van der Waals surface area contributed by atoms with Gasteiger partial charge in [-0.05, 0) is 54.3 Å². The van der Waals surface area contributed by atoms with E-state index in [4.69, 9.17) is 4.74 Å². The van der Waals surface area contributed by atoms with E-state index in [1.165, 1.54) is 17.3 Å². The van der Waals surface area contributed by atoms with Gasteiger partial charge in [0.1, 0.15) is 5.75 Å². The van der Waals surface area contributed by atoms with Gasteiger partial charge < -0.3 is 14.6 Å². The predicted octanol–water partition coefficient (Wildman–Crippen LogP) is 4.74. The first-order valence-electron chi connectivity index (χ1n) is 9.58. The molecule has 0 aliphatic carbocycles. The number of methoxy groups -OCH3 is 1. The number of thioether (sulfide) groups is 1. The van der Waals surface area contributed by atoms with Gasteiger partial charge in [0, 0.05) is 18.3 Å². The lowest BCUT2D eigenvalue weighted by Gasteiger charge is -2.10. The van der Waals surface area contributed by atoms with Gasteiger partial charge in [0.2, 0.25) is 5.91 Å². The smallest absolute Gasteiger partial charge is 0.234 e. The molecule has 7 heteroatoms. The third-order valence-corrected chi connectivity index (χ3v) is 5.91. The zero-order chi connectivity index (χ0) is 20.8. The van der Waals surface area contributed by atoms with Crippen LogP contribution in [0.5, 0.6) is 5.75 Å². The van der Waals surface area contributed by atoms with Crippen LogP contribution in [0.1, 0.15) is 31.7 Å². The topological polar surface area (TPSA) is 69.0 Å². The highest BCUT2D eigenvalue weighted by molar-refractivity contribution is 7.99. The number of anilines is 1. The van der Waals surface area contributed by atoms with Crippen molar-refractivity contribution in [2.75, 3.05) is 18.2 Å². The second-order valence-electron chi connectivity index (χ2n) is 6.86. The molecule has 0 aliphatic rings. The van der Waals surface area contributed by atoms with E-state index in [0.717, 1.165) is 29.2 Å². The van der Waals surface area contributed by atoms with Crippen LogP contribution in [0, 0.1) is 0 Å². The van der Waals surface area contributed by atoms with Crippen molar-refractivity contribution >= 4 is 23.4 Å². The lowest BCUT2D eigenvalue weighted by molar-refractivity contribution is -0.113. The summed E-state index contributed by atoms with van der Waals surface area (Å²) in [6, 6.07) is 15.7. The minimum atomic E-state index is -0.0692. The summed E-state index contributed by atoms with van der Waals surface area (Å²) in [5.74, 6) is 2.25. The number of benzene rings is 2. The number of nitrogens with one attached hydrogen (secondary N) is 1. The Morgan fingerprint density at radius 1 is 1.14 bits per heavy atom. The molecule has 0 fully saturated rings. The predicted molar refractivity (Wildman–Crippen MR) is 117 cm³/mol. The summed E-state index contributed by atoms with van der Waals surface area (Å²) >= 11 is 1.36. The van der Waals surface area contributed by atoms with Crippen LogP contribution >= 0.6 is 11.8 Å². The van der Waals surface area contributed by atoms with Gasteiger partial charge >= 0.3 is 0 Å². The van der Waals surface area contributed by atoms with Crippen LogP contribution < -0.4 is 10.1 Å². The number of hydrogen-bond acceptors (Lipinski definition) is 5. The first kappa shape index (κ1) is 20.9. The summed E-state index contributed by atoms with van der Waals surface area (Å²) in [5.41, 5.74) is 3.03. The molecule has 29 heavy (non-hydrogen) atoms. The molecule has 1 atom stereocenters. The summed E-state index contributed by atoms with van der Waals surface area (Å²) in [5, 5.41) is 12.1. The molecule has 0 radical (unpaired) electrons. The molecular formula is C22H26N4O2S. The van der Waals surface area contributed by atoms with Crippen molar-refractivity contribution < 1.29 is 9.53 Å². The number of carbonyl (C=O) groups excluding carboxylic acids is 1. The highest BCUT2D eigenvalue weighted by Gasteiger charge is 2.13. The van der Waals surface area contributed by atoms with Crippen LogP contribution in [0.15, 0.2) is 53.7 Å². The van der Waals surface area contributed by atoms with Gasteiger partial charge in [0.25, 0.3) is 0 Å². The fourth-order valence-corrected chi connectivity index (χ4v) is 3.60. The number of carbonyl (C=O) groups is 1. The van der Waals surface area contributed by atoms with Crippen LogP contribution in [0.3, 0.4) is 0 Å². The number of ether oxygens (including phenoxy) is 1. The highest BCUT2D eigenvalue weighted by atomic mass is 32.2. The molecule has 0 aliphatic heterocycles. The maximum absolute atomic E-state index is 12.3. The number of rotatable bonds is 8. The summed E-state index contributed by atoms with van der Waals surface area (Å²) in [6.07, 6.45) is 1.10. The van der Waals surface area contributed by atoms with Gasteiger partial charge in [-0.15, -0.1) is 10.2 Å². The largest absolute Gasteiger partial charge is 0.497 e. The van der Waals surface area contributed by atoms with E-state index in [-0.39, 0.29) is 11.7 Å². The number of amides is 1. The lowest BCUT2D eigenvalue weighted by atomic mass is 9.99. The molecule has 3 rings (SSSR count). The van der Waals surface area contributed by atoms with Gasteiger partial charge in [0.15, 0.2) is 11.0 Å². The van der Waals surface area contributed by atoms with Crippen molar-refractivity contribution in [3.63, 3.8) is 0 Å². The second-order valence-corrected chi connectivity index (χ2v) is 7.80. The standard InChI is InChI=1S/C22H26N4O2S/c1-5-15(2)16-6-10-18(11-7-16)23-20(27)14-29-22-25-24-21(26(22)3)17-8-12-19(28-4)13-9-17/h6-13,15H,5,14H2,1-4H3,(H,23,27). The van der Waals surface area contributed by atoms with Gasteiger partial charge in [-0.25, -0.2) is 0 Å². The van der Waals surface area contributed by atoms with E-state index in [9.17, 15) is 4.79 Å². The maximum atomic E-state index is 12.3. The van der Waals surface area contributed by atoms with Crippen molar-refractivity contribution in [1.29, 1.82) is 0 Å². The van der Waals surface area contributed by atoms with E-state index >= 15 is 0 Å². The number of hydrogen-bond donors (Lipinski definition) is 1. The van der Waals surface area contributed by atoms with Crippen molar-refractivity contribution in [3.8, 4) is 17.1 Å². The molecule has 1 amide bonds. The summed E-state index contributed by atoms with van der Waals surface area (Å²) in [4.78, 5) is 12.3. The number of nitrogens with zero attached hydrogens (tertiary/aromatic N) is 3. The molecule has 2 aromatic carbocycles. The highest BCUT2D eigenvalue weighted by Crippen LogP contribution is 2.25. The van der Waals surface area contributed by atoms with Crippen molar-refractivity contribution in [2.45, 2.75) is 31.3 Å². The lowest BCUT2D eigenvalue weighted by Crippen LogP contribution is -2.14. The third kappa shape index (κ3) is 5.17. The summed E-state index contributed by atoms with van der Waals surface area (Å²) < 4.78 is 7.08. The summed E-state index contributed by atoms with van der Waals surface area (Å²) in [7, 11) is 3.53. The van der Waals surface area contributed by atoms with Crippen LogP contribution in [0.4, 0.5) is 5.69 Å². The Morgan fingerprint density at radius 2 is 1.83 bits per heavy atom. The maximum Gasteiger partial charge on any atom is 0.234 e. The molecule has 0 spiro atoms. The minimum Gasteiger partial charge on any atom is -0.497 e. The Hall–Kier alpha value is -2.80. The van der Waals surface area contributed by atoms with Crippen molar-refractivity contribution in [1.82, 2.24) is 14.8 Å². The van der Waals surface area contributed by atoms with Gasteiger partial charge in [0.05, 0.1) is 12.9 Å². The minimum absolute atomic E-state index is 0.0692. The molecule has 0 saturated carbocycles. The van der Waals surface area contributed by atoms with E-state index in [0.29, 0.717) is 11.1 Å². The van der Waals surface area contributed by atoms with Crippen LogP contribution in [0.2, 0.25) is 0 Å². The first-order valence-corrected chi connectivity index (χ1v) is 10.6. The molecule has 3 aromatic rings. The van der Waals surface area contributed by atoms with E-state index < -0.39 is 0 Å². The second kappa shape index (κ2) is 9.60. The van der Waals surface area contributed by atoms with Gasteiger partial charge in [-0.3, -0.25) is 4.79 Å². The Balaban J connectivity index is 1.58. The first-order chi connectivity index (χ1) is 14.0. The Morgan fingerprint density at radius 3 is 2.45 bits per heavy atom. The molecular weight excluding hydrogens is 384 g/mol. The quantitative estimate of drug-likeness (QED) is 0.544. The monoisotopic (exact) mass is 410 g/mol. The fourth-order valence-electron chi connectivity index (χ4n) is 2.89. The average Bonchev–Trinajstić information content (AvgIpc) is 3.12. The average molecular weight is 411 g/mol. The molecule has 6 nitrogen and oxygen atoms in total. The Bertz CT molecular complexity index is 952. The SMILES string of the molecule is CCC(C)c1ccc(NC(=O)CSc2nnc(-c3ccc(OC)cc3)n2C)cc1. The molecule has 0 saturated heterocycles. The number of aromatic nitrogens is 3. The van der Waals surface area contributed by atoms with E-state index in [1.807, 2.05) is 48.0 Å². The van der Waals surface area contributed by atoms with Gasteiger partial charge in [-0.1, -0.05) is 37.7 Å². The zero-order valence-electron chi connectivity index (χ0n) is 17.2. The Labute approximate surface area is 175 Å².